The Balaban J connectivity index is 0.00000289. The lowest BCUT2D eigenvalue weighted by Crippen LogP contribution is -2.26. The average molecular weight is 290 g/mol. The molecule has 0 fully saturated rings. The Morgan fingerprint density at radius 2 is 1.94 bits per heavy atom. The zero-order valence-corrected chi connectivity index (χ0v) is 9.89. The number of benzene rings is 1. The van der Waals surface area contributed by atoms with Crippen molar-refractivity contribution in [1.29, 1.82) is 0 Å². The summed E-state index contributed by atoms with van der Waals surface area (Å²) in [5.74, 6) is -2.01. The van der Waals surface area contributed by atoms with Crippen LogP contribution in [-0.4, -0.2) is 24.1 Å². The lowest BCUT2D eigenvalue weighted by atomic mass is 10.1. The molecule has 0 heterocycles. The van der Waals surface area contributed by atoms with Crippen LogP contribution in [0.3, 0.4) is 0 Å². The molecule has 18 heavy (non-hydrogen) atoms. The van der Waals surface area contributed by atoms with Crippen molar-refractivity contribution in [2.45, 2.75) is 18.8 Å². The van der Waals surface area contributed by atoms with Crippen molar-refractivity contribution >= 4 is 12.4 Å². The normalized spacial score (nSPS) is 12.8. The summed E-state index contributed by atoms with van der Waals surface area (Å²) in [7, 11) is 0. The Labute approximate surface area is 107 Å². The Morgan fingerprint density at radius 1 is 1.33 bits per heavy atom. The Bertz CT molecular complexity index is 387. The zero-order chi connectivity index (χ0) is 13.1. The van der Waals surface area contributed by atoms with Gasteiger partial charge in [-0.2, -0.15) is 0 Å². The van der Waals surface area contributed by atoms with E-state index < -0.39 is 24.0 Å². The number of aliphatic hydroxyl groups is 1. The van der Waals surface area contributed by atoms with E-state index in [9.17, 15) is 17.6 Å². The van der Waals surface area contributed by atoms with Crippen LogP contribution >= 0.6 is 12.4 Å². The van der Waals surface area contributed by atoms with Gasteiger partial charge in [-0.15, -0.1) is 25.6 Å². The van der Waals surface area contributed by atoms with Crippen LogP contribution in [0, 0.1) is 5.82 Å². The van der Waals surface area contributed by atoms with Crippen LogP contribution in [0.4, 0.5) is 17.6 Å². The number of rotatable bonds is 4. The molecule has 1 unspecified atom stereocenters. The van der Waals surface area contributed by atoms with Gasteiger partial charge in [0.15, 0.2) is 11.6 Å². The number of nitrogens with two attached hydrogens (primary N) is 1. The fourth-order valence-electron chi connectivity index (χ4n) is 1.25. The van der Waals surface area contributed by atoms with Gasteiger partial charge in [0.05, 0.1) is 6.61 Å². The molecule has 8 heteroatoms. The predicted molar refractivity (Wildman–Crippen MR) is 59.1 cm³/mol. The lowest BCUT2D eigenvalue weighted by molar-refractivity contribution is -0.275. The monoisotopic (exact) mass is 289 g/mol. The van der Waals surface area contributed by atoms with Crippen LogP contribution in [0.1, 0.15) is 5.56 Å². The highest BCUT2D eigenvalue weighted by molar-refractivity contribution is 5.85. The molecule has 1 rings (SSSR count). The minimum atomic E-state index is -4.93. The van der Waals surface area contributed by atoms with E-state index in [1.807, 2.05) is 0 Å². The van der Waals surface area contributed by atoms with E-state index in [0.29, 0.717) is 5.56 Å². The number of aliphatic hydroxyl groups excluding tert-OH is 1. The minimum absolute atomic E-state index is 0. The Hall–Kier alpha value is -1.05. The molecule has 3 N–H and O–H groups in total. The molecule has 0 spiro atoms. The maximum atomic E-state index is 13.2. The summed E-state index contributed by atoms with van der Waals surface area (Å²) in [6.45, 7) is -0.289. The average Bonchev–Trinajstić information content (AvgIpc) is 2.20. The molecule has 104 valence electrons. The Kier molecular flexibility index (Phi) is 6.37. The van der Waals surface area contributed by atoms with Crippen molar-refractivity contribution in [3.8, 4) is 5.75 Å². The number of alkyl halides is 3. The van der Waals surface area contributed by atoms with Gasteiger partial charge in [0.25, 0.3) is 0 Å². The van der Waals surface area contributed by atoms with Crippen LogP contribution in [0.25, 0.3) is 0 Å². The number of hydrogen-bond acceptors (Lipinski definition) is 3. The first-order valence-corrected chi connectivity index (χ1v) is 4.72. The SMILES string of the molecule is Cl.NC(CO)Cc1ccc(OC(F)(F)F)c(F)c1. The predicted octanol–water partition coefficient (Wildman–Crippen LogP) is 2.01. The van der Waals surface area contributed by atoms with E-state index in [0.717, 1.165) is 12.1 Å². The van der Waals surface area contributed by atoms with Crippen LogP contribution in [0.15, 0.2) is 18.2 Å². The lowest BCUT2D eigenvalue weighted by Gasteiger charge is -2.12. The van der Waals surface area contributed by atoms with E-state index in [2.05, 4.69) is 4.74 Å². The summed E-state index contributed by atoms with van der Waals surface area (Å²) >= 11 is 0. The van der Waals surface area contributed by atoms with Gasteiger partial charge in [0.1, 0.15) is 0 Å². The van der Waals surface area contributed by atoms with E-state index in [4.69, 9.17) is 10.8 Å². The molecule has 1 atom stereocenters. The molecule has 0 saturated heterocycles. The third-order valence-electron chi connectivity index (χ3n) is 1.95. The van der Waals surface area contributed by atoms with Crippen molar-refractivity contribution in [1.82, 2.24) is 0 Å². The molecule has 0 radical (unpaired) electrons. The molecule has 0 aliphatic carbocycles. The molecule has 0 amide bonds. The second kappa shape index (κ2) is 6.77. The summed E-state index contributed by atoms with van der Waals surface area (Å²) in [5.41, 5.74) is 5.80. The van der Waals surface area contributed by atoms with Gasteiger partial charge < -0.3 is 15.6 Å². The first-order chi connectivity index (χ1) is 7.81. The van der Waals surface area contributed by atoms with Gasteiger partial charge in [-0.25, -0.2) is 4.39 Å². The fourth-order valence-corrected chi connectivity index (χ4v) is 1.25. The molecule has 3 nitrogen and oxygen atoms in total. The number of hydrogen-bond donors (Lipinski definition) is 2. The highest BCUT2D eigenvalue weighted by atomic mass is 35.5. The van der Waals surface area contributed by atoms with Crippen molar-refractivity contribution in [3.05, 3.63) is 29.6 Å². The molecular formula is C10H12ClF4NO2. The van der Waals surface area contributed by atoms with E-state index in [1.165, 1.54) is 6.07 Å². The molecule has 0 bridgehead atoms. The molecular weight excluding hydrogens is 278 g/mol. The summed E-state index contributed by atoms with van der Waals surface area (Å²) in [6.07, 6.45) is -4.76. The van der Waals surface area contributed by atoms with Gasteiger partial charge >= 0.3 is 6.36 Å². The van der Waals surface area contributed by atoms with E-state index in [-0.39, 0.29) is 25.4 Å². The topological polar surface area (TPSA) is 55.5 Å². The summed E-state index contributed by atoms with van der Waals surface area (Å²) in [4.78, 5) is 0. The van der Waals surface area contributed by atoms with Gasteiger partial charge in [0.2, 0.25) is 0 Å². The zero-order valence-electron chi connectivity index (χ0n) is 9.08. The van der Waals surface area contributed by atoms with Crippen LogP contribution in [0.5, 0.6) is 5.75 Å². The van der Waals surface area contributed by atoms with Crippen molar-refractivity contribution in [2.24, 2.45) is 5.73 Å². The second-order valence-electron chi connectivity index (χ2n) is 3.46. The largest absolute Gasteiger partial charge is 0.573 e. The minimum Gasteiger partial charge on any atom is -0.403 e. The van der Waals surface area contributed by atoms with Crippen molar-refractivity contribution in [2.75, 3.05) is 6.61 Å². The summed E-state index contributed by atoms with van der Waals surface area (Å²) in [6, 6.07) is 2.46. The van der Waals surface area contributed by atoms with E-state index in [1.54, 1.807) is 0 Å². The van der Waals surface area contributed by atoms with Crippen LogP contribution in [0.2, 0.25) is 0 Å². The molecule has 0 aliphatic heterocycles. The third kappa shape index (κ3) is 5.52. The Morgan fingerprint density at radius 3 is 2.39 bits per heavy atom. The fraction of sp³-hybridized carbons (Fsp3) is 0.400. The first kappa shape index (κ1) is 16.9. The second-order valence-corrected chi connectivity index (χ2v) is 3.46. The summed E-state index contributed by atoms with van der Waals surface area (Å²) < 4.78 is 52.2. The molecule has 1 aromatic rings. The van der Waals surface area contributed by atoms with Gasteiger partial charge in [-0.3, -0.25) is 0 Å². The quantitative estimate of drug-likeness (QED) is 0.834. The standard InChI is InChI=1S/C10H11F4NO2.ClH/c11-8-4-6(3-7(15)5-16)1-2-9(8)17-10(12,13)14;/h1-2,4,7,16H,3,5,15H2;1H. The molecule has 0 aliphatic rings. The smallest absolute Gasteiger partial charge is 0.403 e. The number of ether oxygens (including phenoxy) is 1. The van der Waals surface area contributed by atoms with Gasteiger partial charge in [0, 0.05) is 6.04 Å². The van der Waals surface area contributed by atoms with Gasteiger partial charge in [-0.1, -0.05) is 6.07 Å². The number of halogens is 5. The van der Waals surface area contributed by atoms with Gasteiger partial charge in [-0.05, 0) is 24.1 Å². The highest BCUT2D eigenvalue weighted by Crippen LogP contribution is 2.26. The highest BCUT2D eigenvalue weighted by Gasteiger charge is 2.32. The maximum absolute atomic E-state index is 13.2. The maximum Gasteiger partial charge on any atom is 0.573 e. The summed E-state index contributed by atoms with van der Waals surface area (Å²) in [5, 5.41) is 8.68. The molecule has 1 aromatic carbocycles. The van der Waals surface area contributed by atoms with Crippen LogP contribution in [-0.2, 0) is 6.42 Å². The third-order valence-corrected chi connectivity index (χ3v) is 1.95. The van der Waals surface area contributed by atoms with Crippen molar-refractivity contribution < 1.29 is 27.4 Å². The molecule has 0 saturated carbocycles. The first-order valence-electron chi connectivity index (χ1n) is 4.72. The molecule has 0 aromatic heterocycles. The van der Waals surface area contributed by atoms with E-state index >= 15 is 0 Å². The van der Waals surface area contributed by atoms with Crippen LogP contribution < -0.4 is 10.5 Å². The van der Waals surface area contributed by atoms with Crippen molar-refractivity contribution in [3.63, 3.8) is 0 Å².